The molecular formula is C25H30N4O5S. The van der Waals surface area contributed by atoms with Crippen LogP contribution in [0.3, 0.4) is 0 Å². The molecule has 2 atom stereocenters. The summed E-state index contributed by atoms with van der Waals surface area (Å²) in [6, 6.07) is 15.9. The van der Waals surface area contributed by atoms with Gasteiger partial charge in [0.05, 0.1) is 6.33 Å². The highest BCUT2D eigenvalue weighted by Crippen LogP contribution is 2.39. The zero-order valence-electron chi connectivity index (χ0n) is 19.8. The lowest BCUT2D eigenvalue weighted by molar-refractivity contribution is 0.0885. The Labute approximate surface area is 205 Å². The monoisotopic (exact) mass is 498 g/mol. The molecule has 9 nitrogen and oxygen atoms in total. The highest BCUT2D eigenvalue weighted by atomic mass is 32.2. The van der Waals surface area contributed by atoms with Crippen molar-refractivity contribution in [3.63, 3.8) is 0 Å². The number of hydrogen-bond donors (Lipinski definition) is 2. The van der Waals surface area contributed by atoms with Crippen LogP contribution in [0.1, 0.15) is 29.5 Å². The van der Waals surface area contributed by atoms with Crippen LogP contribution in [-0.4, -0.2) is 49.9 Å². The van der Waals surface area contributed by atoms with E-state index >= 15 is 0 Å². The number of amides is 1. The van der Waals surface area contributed by atoms with Gasteiger partial charge in [0.1, 0.15) is 18.5 Å². The van der Waals surface area contributed by atoms with E-state index in [0.717, 1.165) is 23.1 Å². The van der Waals surface area contributed by atoms with Gasteiger partial charge in [-0.15, -0.1) is 0 Å². The molecule has 1 aliphatic carbocycles. The number of carbonyl (C=O) groups excluding carboxylic acids is 1. The zero-order chi connectivity index (χ0) is 24.8. The lowest BCUT2D eigenvalue weighted by Gasteiger charge is -2.21. The van der Waals surface area contributed by atoms with Gasteiger partial charge in [-0.3, -0.25) is 0 Å². The summed E-state index contributed by atoms with van der Waals surface area (Å²) >= 11 is 0. The Hall–Kier alpha value is -3.37. The Bertz CT molecular complexity index is 1260. The fourth-order valence-corrected chi connectivity index (χ4v) is 5.25. The maximum Gasteiger partial charge on any atom is 0.407 e. The molecule has 0 radical (unpaired) electrons. The fourth-order valence-electron chi connectivity index (χ4n) is 4.26. The van der Waals surface area contributed by atoms with Crippen LogP contribution in [0.4, 0.5) is 4.79 Å². The SMILES string of the molecule is CCNC(=O)OC1Cc2ccc(OCCNS(=O)(=O)c3cn(C)cn3)cc2C1Cc1ccccc1. The molecule has 0 saturated heterocycles. The van der Waals surface area contributed by atoms with E-state index in [-0.39, 0.29) is 30.2 Å². The number of imidazole rings is 1. The van der Waals surface area contributed by atoms with Crippen LogP contribution >= 0.6 is 0 Å². The average Bonchev–Trinajstić information content (AvgIpc) is 3.42. The summed E-state index contributed by atoms with van der Waals surface area (Å²) in [6.45, 7) is 2.62. The van der Waals surface area contributed by atoms with Crippen molar-refractivity contribution in [2.75, 3.05) is 19.7 Å². The molecular weight excluding hydrogens is 468 g/mol. The van der Waals surface area contributed by atoms with Gasteiger partial charge in [0.25, 0.3) is 10.0 Å². The van der Waals surface area contributed by atoms with Crippen LogP contribution in [0, 0.1) is 0 Å². The Morgan fingerprint density at radius 2 is 2.00 bits per heavy atom. The number of aromatic nitrogens is 2. The summed E-state index contributed by atoms with van der Waals surface area (Å²) in [7, 11) is -1.98. The predicted molar refractivity (Wildman–Crippen MR) is 131 cm³/mol. The van der Waals surface area contributed by atoms with Crippen molar-refractivity contribution in [3.8, 4) is 5.75 Å². The van der Waals surface area contributed by atoms with E-state index < -0.39 is 16.1 Å². The normalized spacial score (nSPS) is 17.1. The number of alkyl carbamates (subject to hydrolysis) is 1. The molecule has 2 unspecified atom stereocenters. The number of hydrogen-bond acceptors (Lipinski definition) is 6. The molecule has 0 spiro atoms. The number of nitrogens with zero attached hydrogens (tertiary/aromatic N) is 2. The summed E-state index contributed by atoms with van der Waals surface area (Å²) in [5, 5.41) is 2.68. The van der Waals surface area contributed by atoms with E-state index in [9.17, 15) is 13.2 Å². The van der Waals surface area contributed by atoms with Crippen LogP contribution in [0.15, 0.2) is 66.1 Å². The molecule has 1 aromatic heterocycles. The van der Waals surface area contributed by atoms with E-state index in [1.165, 1.54) is 12.5 Å². The van der Waals surface area contributed by atoms with Crippen LogP contribution in [-0.2, 0) is 34.6 Å². The number of ether oxygens (including phenoxy) is 2. The number of aryl methyl sites for hydroxylation is 1. The Kier molecular flexibility index (Phi) is 7.72. The molecule has 4 rings (SSSR count). The van der Waals surface area contributed by atoms with E-state index in [2.05, 4.69) is 27.2 Å². The van der Waals surface area contributed by atoms with Gasteiger partial charge in [0, 0.05) is 38.7 Å². The fraction of sp³-hybridized carbons (Fsp3) is 0.360. The second kappa shape index (κ2) is 10.9. The first-order valence-electron chi connectivity index (χ1n) is 11.6. The number of sulfonamides is 1. The van der Waals surface area contributed by atoms with Crippen molar-refractivity contribution in [2.45, 2.75) is 36.8 Å². The van der Waals surface area contributed by atoms with Gasteiger partial charge in [-0.1, -0.05) is 36.4 Å². The smallest absolute Gasteiger partial charge is 0.407 e. The molecule has 1 amide bonds. The molecule has 0 fully saturated rings. The number of rotatable bonds is 10. The van der Waals surface area contributed by atoms with Gasteiger partial charge < -0.3 is 19.4 Å². The van der Waals surface area contributed by atoms with Crippen LogP contribution in [0.25, 0.3) is 0 Å². The Morgan fingerprint density at radius 1 is 1.20 bits per heavy atom. The van der Waals surface area contributed by atoms with Crippen molar-refractivity contribution in [1.29, 1.82) is 0 Å². The van der Waals surface area contributed by atoms with E-state index in [1.807, 2.05) is 43.3 Å². The summed E-state index contributed by atoms with van der Waals surface area (Å²) in [6.07, 6.45) is 3.54. The van der Waals surface area contributed by atoms with Crippen molar-refractivity contribution >= 4 is 16.1 Å². The molecule has 0 aliphatic heterocycles. The molecule has 1 heterocycles. The molecule has 35 heavy (non-hydrogen) atoms. The summed E-state index contributed by atoms with van der Waals surface area (Å²) in [5.41, 5.74) is 3.35. The standard InChI is InChI=1S/C25H30N4O5S/c1-3-26-25(30)34-23-14-19-9-10-20(15-21(19)22(23)13-18-7-5-4-6-8-18)33-12-11-28-35(31,32)24-16-29(2)17-27-24/h4-10,15-17,22-23,28H,3,11-14H2,1-2H3,(H,26,30). The number of nitrogens with one attached hydrogen (secondary N) is 2. The van der Waals surface area contributed by atoms with Crippen molar-refractivity contribution in [1.82, 2.24) is 19.6 Å². The number of benzene rings is 2. The van der Waals surface area contributed by atoms with Gasteiger partial charge in [-0.25, -0.2) is 22.9 Å². The minimum absolute atomic E-state index is 0.0128. The van der Waals surface area contributed by atoms with Gasteiger partial charge in [0.2, 0.25) is 0 Å². The van der Waals surface area contributed by atoms with Gasteiger partial charge >= 0.3 is 6.09 Å². The van der Waals surface area contributed by atoms with E-state index in [0.29, 0.717) is 18.7 Å². The molecule has 186 valence electrons. The first-order valence-corrected chi connectivity index (χ1v) is 13.1. The second-order valence-electron chi connectivity index (χ2n) is 8.46. The molecule has 2 aromatic carbocycles. The largest absolute Gasteiger partial charge is 0.492 e. The lowest BCUT2D eigenvalue weighted by atomic mass is 9.92. The van der Waals surface area contributed by atoms with Gasteiger partial charge in [-0.2, -0.15) is 0 Å². The van der Waals surface area contributed by atoms with Crippen molar-refractivity contribution < 1.29 is 22.7 Å². The topological polar surface area (TPSA) is 112 Å². The third kappa shape index (κ3) is 6.20. The minimum Gasteiger partial charge on any atom is -0.492 e. The molecule has 10 heteroatoms. The van der Waals surface area contributed by atoms with Crippen molar-refractivity contribution in [3.05, 3.63) is 77.7 Å². The van der Waals surface area contributed by atoms with E-state index in [4.69, 9.17) is 9.47 Å². The summed E-state index contributed by atoms with van der Waals surface area (Å²) in [5.74, 6) is 0.624. The van der Waals surface area contributed by atoms with E-state index in [1.54, 1.807) is 11.6 Å². The Balaban J connectivity index is 1.43. The third-order valence-electron chi connectivity index (χ3n) is 5.88. The van der Waals surface area contributed by atoms with Crippen LogP contribution < -0.4 is 14.8 Å². The predicted octanol–water partition coefficient (Wildman–Crippen LogP) is 2.77. The highest BCUT2D eigenvalue weighted by molar-refractivity contribution is 7.89. The Morgan fingerprint density at radius 3 is 2.71 bits per heavy atom. The molecule has 2 N–H and O–H groups in total. The van der Waals surface area contributed by atoms with Crippen LogP contribution in [0.5, 0.6) is 5.75 Å². The van der Waals surface area contributed by atoms with Crippen LogP contribution in [0.2, 0.25) is 0 Å². The average molecular weight is 499 g/mol. The second-order valence-corrected chi connectivity index (χ2v) is 10.2. The summed E-state index contributed by atoms with van der Waals surface area (Å²) < 4.78 is 40.3. The third-order valence-corrected chi connectivity index (χ3v) is 7.23. The number of carbonyl (C=O) groups is 1. The first-order chi connectivity index (χ1) is 16.9. The maximum atomic E-state index is 12.3. The van der Waals surface area contributed by atoms with Gasteiger partial charge in [0.15, 0.2) is 5.03 Å². The first kappa shape index (κ1) is 24.7. The number of fused-ring (bicyclic) bond motifs is 1. The maximum absolute atomic E-state index is 12.3. The molecule has 0 saturated carbocycles. The molecule has 3 aromatic rings. The zero-order valence-corrected chi connectivity index (χ0v) is 20.6. The minimum atomic E-state index is -3.69. The quantitative estimate of drug-likeness (QED) is 0.416. The van der Waals surface area contributed by atoms with Gasteiger partial charge in [-0.05, 0) is 42.2 Å². The van der Waals surface area contributed by atoms with Crippen molar-refractivity contribution in [2.24, 2.45) is 7.05 Å². The highest BCUT2D eigenvalue weighted by Gasteiger charge is 2.35. The molecule has 0 bridgehead atoms. The molecule has 1 aliphatic rings. The lowest BCUT2D eigenvalue weighted by Crippen LogP contribution is -2.31. The summed E-state index contributed by atoms with van der Waals surface area (Å²) in [4.78, 5) is 16.0.